The number of nitrogens with zero attached hydrogens (tertiary/aromatic N) is 1. The smallest absolute Gasteiger partial charge is 0.118 e. The predicted molar refractivity (Wildman–Crippen MR) is 74.9 cm³/mol. The van der Waals surface area contributed by atoms with Gasteiger partial charge in [-0.2, -0.15) is 5.10 Å². The van der Waals surface area contributed by atoms with Crippen molar-refractivity contribution < 1.29 is 0 Å². The zero-order chi connectivity index (χ0) is 12.7. The van der Waals surface area contributed by atoms with Gasteiger partial charge in [0.2, 0.25) is 0 Å². The second kappa shape index (κ2) is 3.91. The third-order valence-electron chi connectivity index (χ3n) is 3.33. The highest BCUT2D eigenvalue weighted by Gasteiger charge is 2.17. The van der Waals surface area contributed by atoms with Crippen LogP contribution >= 0.6 is 0 Å². The number of anilines is 1. The largest absolute Gasteiger partial charge is 0.385 e. The average molecular weight is 240 g/mol. The van der Waals surface area contributed by atoms with Gasteiger partial charge in [0.1, 0.15) is 5.69 Å². The first kappa shape index (κ1) is 10.9. The maximum Gasteiger partial charge on any atom is 0.118 e. The molecule has 0 unspecified atom stereocenters. The standard InChI is InChI=1S/C14H16N4/c1-8-12(10-6-4-5-7-11(10)16-8)14-13(15-3)9(2)17-18-14/h4-7,15-16H,1-3H3,(H,17,18). The summed E-state index contributed by atoms with van der Waals surface area (Å²) in [5.41, 5.74) is 6.54. The van der Waals surface area contributed by atoms with Crippen LogP contribution in [-0.4, -0.2) is 22.2 Å². The first-order valence-electron chi connectivity index (χ1n) is 6.02. The molecule has 18 heavy (non-hydrogen) atoms. The summed E-state index contributed by atoms with van der Waals surface area (Å²) >= 11 is 0. The second-order valence-electron chi connectivity index (χ2n) is 4.49. The highest BCUT2D eigenvalue weighted by atomic mass is 15.1. The lowest BCUT2D eigenvalue weighted by Gasteiger charge is -2.03. The fourth-order valence-corrected chi connectivity index (χ4v) is 2.50. The van der Waals surface area contributed by atoms with Crippen molar-refractivity contribution in [3.05, 3.63) is 35.7 Å². The van der Waals surface area contributed by atoms with E-state index in [1.165, 1.54) is 10.9 Å². The number of para-hydroxylation sites is 1. The number of fused-ring (bicyclic) bond motifs is 1. The maximum atomic E-state index is 4.43. The molecule has 3 N–H and O–H groups in total. The Balaban J connectivity index is 2.34. The molecule has 0 bridgehead atoms. The van der Waals surface area contributed by atoms with E-state index in [1.54, 1.807) is 0 Å². The van der Waals surface area contributed by atoms with E-state index in [0.717, 1.165) is 28.3 Å². The number of benzene rings is 1. The Morgan fingerprint density at radius 2 is 1.89 bits per heavy atom. The Morgan fingerprint density at radius 1 is 1.11 bits per heavy atom. The van der Waals surface area contributed by atoms with Crippen LogP contribution in [0.2, 0.25) is 0 Å². The van der Waals surface area contributed by atoms with Crippen LogP contribution in [0.5, 0.6) is 0 Å². The molecule has 3 rings (SSSR count). The van der Waals surface area contributed by atoms with Gasteiger partial charge in [-0.1, -0.05) is 18.2 Å². The lowest BCUT2D eigenvalue weighted by molar-refractivity contribution is 1.05. The molecule has 2 aromatic heterocycles. The molecular formula is C14H16N4. The molecule has 0 saturated heterocycles. The summed E-state index contributed by atoms with van der Waals surface area (Å²) in [6, 6.07) is 8.30. The molecule has 0 spiro atoms. The lowest BCUT2D eigenvalue weighted by Crippen LogP contribution is -1.91. The van der Waals surface area contributed by atoms with Crippen molar-refractivity contribution >= 4 is 16.6 Å². The zero-order valence-corrected chi connectivity index (χ0v) is 10.8. The number of H-pyrrole nitrogens is 2. The summed E-state index contributed by atoms with van der Waals surface area (Å²) in [5, 5.41) is 11.9. The highest BCUT2D eigenvalue weighted by Crippen LogP contribution is 2.35. The summed E-state index contributed by atoms with van der Waals surface area (Å²) in [7, 11) is 1.92. The third-order valence-corrected chi connectivity index (χ3v) is 3.33. The van der Waals surface area contributed by atoms with Crippen LogP contribution in [0.3, 0.4) is 0 Å². The number of nitrogens with one attached hydrogen (secondary N) is 3. The van der Waals surface area contributed by atoms with Crippen molar-refractivity contribution in [2.24, 2.45) is 0 Å². The first-order valence-corrected chi connectivity index (χ1v) is 6.02. The number of rotatable bonds is 2. The maximum absolute atomic E-state index is 4.43. The number of aryl methyl sites for hydroxylation is 2. The van der Waals surface area contributed by atoms with Gasteiger partial charge in [0.15, 0.2) is 0 Å². The minimum absolute atomic E-state index is 0.977. The van der Waals surface area contributed by atoms with Gasteiger partial charge in [-0.3, -0.25) is 5.10 Å². The molecule has 0 aliphatic heterocycles. The molecule has 2 heterocycles. The minimum atomic E-state index is 0.977. The molecule has 92 valence electrons. The van der Waals surface area contributed by atoms with Crippen LogP contribution in [0.1, 0.15) is 11.4 Å². The van der Waals surface area contributed by atoms with Gasteiger partial charge >= 0.3 is 0 Å². The van der Waals surface area contributed by atoms with Gasteiger partial charge < -0.3 is 10.3 Å². The zero-order valence-electron chi connectivity index (χ0n) is 10.8. The van der Waals surface area contributed by atoms with Crippen molar-refractivity contribution in [1.82, 2.24) is 15.2 Å². The van der Waals surface area contributed by atoms with Gasteiger partial charge in [-0.25, -0.2) is 0 Å². The van der Waals surface area contributed by atoms with Crippen LogP contribution in [-0.2, 0) is 0 Å². The van der Waals surface area contributed by atoms with E-state index in [9.17, 15) is 0 Å². The van der Waals surface area contributed by atoms with E-state index in [1.807, 2.05) is 20.0 Å². The lowest BCUT2D eigenvalue weighted by atomic mass is 10.1. The molecule has 0 saturated carbocycles. The molecule has 3 aromatic rings. The monoisotopic (exact) mass is 240 g/mol. The van der Waals surface area contributed by atoms with Crippen LogP contribution in [0.15, 0.2) is 24.3 Å². The molecular weight excluding hydrogens is 224 g/mol. The number of hydrogen-bond donors (Lipinski definition) is 3. The molecule has 0 radical (unpaired) electrons. The molecule has 1 aromatic carbocycles. The Morgan fingerprint density at radius 3 is 2.67 bits per heavy atom. The van der Waals surface area contributed by atoms with Crippen LogP contribution in [0, 0.1) is 13.8 Å². The van der Waals surface area contributed by atoms with E-state index in [-0.39, 0.29) is 0 Å². The molecule has 4 heteroatoms. The molecule has 0 aliphatic rings. The quantitative estimate of drug-likeness (QED) is 0.644. The Bertz CT molecular complexity index is 706. The second-order valence-corrected chi connectivity index (χ2v) is 4.49. The number of aromatic nitrogens is 3. The van der Waals surface area contributed by atoms with E-state index in [4.69, 9.17) is 0 Å². The first-order chi connectivity index (χ1) is 8.72. The Labute approximate surface area is 105 Å². The summed E-state index contributed by atoms with van der Waals surface area (Å²) in [4.78, 5) is 3.40. The van der Waals surface area contributed by atoms with Crippen molar-refractivity contribution in [3.63, 3.8) is 0 Å². The van der Waals surface area contributed by atoms with Crippen LogP contribution in [0.25, 0.3) is 22.2 Å². The summed E-state index contributed by atoms with van der Waals surface area (Å²) in [6.07, 6.45) is 0. The number of aromatic amines is 2. The predicted octanol–water partition coefficient (Wildman–Crippen LogP) is 3.22. The summed E-state index contributed by atoms with van der Waals surface area (Å²) in [5.74, 6) is 0. The van der Waals surface area contributed by atoms with Crippen molar-refractivity contribution in [2.45, 2.75) is 13.8 Å². The molecule has 0 fully saturated rings. The van der Waals surface area contributed by atoms with Gasteiger partial charge in [0, 0.05) is 29.2 Å². The Hall–Kier alpha value is -2.23. The van der Waals surface area contributed by atoms with Gasteiger partial charge in [-0.15, -0.1) is 0 Å². The average Bonchev–Trinajstić information content (AvgIpc) is 2.88. The van der Waals surface area contributed by atoms with Gasteiger partial charge in [-0.05, 0) is 19.9 Å². The van der Waals surface area contributed by atoms with E-state index >= 15 is 0 Å². The van der Waals surface area contributed by atoms with Gasteiger partial charge in [0.25, 0.3) is 0 Å². The molecule has 0 amide bonds. The SMILES string of the molecule is CNc1c(-c2c(C)[nH]c3ccccc23)n[nH]c1C. The van der Waals surface area contributed by atoms with Crippen molar-refractivity contribution in [2.75, 3.05) is 12.4 Å². The van der Waals surface area contributed by atoms with E-state index in [0.29, 0.717) is 0 Å². The fraction of sp³-hybridized carbons (Fsp3) is 0.214. The number of hydrogen-bond acceptors (Lipinski definition) is 2. The van der Waals surface area contributed by atoms with Gasteiger partial charge in [0.05, 0.1) is 11.4 Å². The van der Waals surface area contributed by atoms with Crippen molar-refractivity contribution in [3.8, 4) is 11.3 Å². The minimum Gasteiger partial charge on any atom is -0.385 e. The molecule has 0 atom stereocenters. The summed E-state index contributed by atoms with van der Waals surface area (Å²) < 4.78 is 0. The molecule has 0 aliphatic carbocycles. The Kier molecular flexibility index (Phi) is 2.37. The molecule has 4 nitrogen and oxygen atoms in total. The van der Waals surface area contributed by atoms with E-state index in [2.05, 4.69) is 45.6 Å². The van der Waals surface area contributed by atoms with E-state index < -0.39 is 0 Å². The van der Waals surface area contributed by atoms with Crippen LogP contribution < -0.4 is 5.32 Å². The topological polar surface area (TPSA) is 56.5 Å². The summed E-state index contributed by atoms with van der Waals surface area (Å²) in [6.45, 7) is 4.10. The highest BCUT2D eigenvalue weighted by molar-refractivity contribution is 5.99. The third kappa shape index (κ3) is 1.42. The fourth-order valence-electron chi connectivity index (χ4n) is 2.50. The van der Waals surface area contributed by atoms with Crippen molar-refractivity contribution in [1.29, 1.82) is 0 Å². The normalized spacial score (nSPS) is 11.1. The van der Waals surface area contributed by atoms with Crippen LogP contribution in [0.4, 0.5) is 5.69 Å².